The number of halogens is 3. The third-order valence-corrected chi connectivity index (χ3v) is 5.09. The van der Waals surface area contributed by atoms with Crippen molar-refractivity contribution in [2.45, 2.75) is 12.6 Å². The number of hydrogen-bond donors (Lipinski definition) is 2. The van der Waals surface area contributed by atoms with Crippen LogP contribution in [0.2, 0.25) is 0 Å². The summed E-state index contributed by atoms with van der Waals surface area (Å²) in [4.78, 5) is 19.4. The molecule has 0 radical (unpaired) electrons. The number of thiazole rings is 1. The maximum Gasteiger partial charge on any atom is 0.416 e. The molecule has 0 saturated heterocycles. The number of aromatic amines is 1. The molecule has 2 N–H and O–H groups in total. The molecule has 0 saturated carbocycles. The predicted octanol–water partition coefficient (Wildman–Crippen LogP) is 5.52. The second-order valence-corrected chi connectivity index (χ2v) is 7.25. The Balaban J connectivity index is 1.40. The van der Waals surface area contributed by atoms with Gasteiger partial charge in [-0.25, -0.2) is 4.98 Å². The number of nitrogens with zero attached hydrogens (tertiary/aromatic N) is 1. The summed E-state index contributed by atoms with van der Waals surface area (Å²) in [7, 11) is 0. The van der Waals surface area contributed by atoms with Crippen molar-refractivity contribution in [1.29, 1.82) is 0 Å². The number of alkyl halides is 3. The number of benzene rings is 2. The van der Waals surface area contributed by atoms with E-state index in [2.05, 4.69) is 15.3 Å². The molecule has 1 amide bonds. The largest absolute Gasteiger partial charge is 0.493 e. The number of anilines is 1. The summed E-state index contributed by atoms with van der Waals surface area (Å²) in [5.74, 6) is 0.0927. The van der Waals surface area contributed by atoms with Gasteiger partial charge in [0.05, 0.1) is 23.4 Å². The molecule has 4 rings (SSSR count). The average Bonchev–Trinajstić information content (AvgIpc) is 3.38. The maximum absolute atomic E-state index is 12.6. The van der Waals surface area contributed by atoms with Gasteiger partial charge in [-0.15, -0.1) is 11.3 Å². The van der Waals surface area contributed by atoms with E-state index in [9.17, 15) is 18.0 Å². The number of fused-ring (bicyclic) bond motifs is 1. The SMILES string of the molecule is O=C(Nc1c[nH]c2ccc(CCOc3ccc(C(F)(F)F)cc3)cc12)c1cscn1. The van der Waals surface area contributed by atoms with Gasteiger partial charge < -0.3 is 15.0 Å². The number of carbonyl (C=O) groups excluding carboxylic acids is 1. The molecule has 2 aromatic heterocycles. The highest BCUT2D eigenvalue weighted by molar-refractivity contribution is 7.07. The van der Waals surface area contributed by atoms with Gasteiger partial charge in [0.25, 0.3) is 5.91 Å². The van der Waals surface area contributed by atoms with E-state index in [0.717, 1.165) is 28.6 Å². The van der Waals surface area contributed by atoms with E-state index >= 15 is 0 Å². The van der Waals surface area contributed by atoms with E-state index in [1.807, 2.05) is 18.2 Å². The minimum atomic E-state index is -4.36. The summed E-state index contributed by atoms with van der Waals surface area (Å²) >= 11 is 1.35. The van der Waals surface area contributed by atoms with Crippen LogP contribution in [0.5, 0.6) is 5.75 Å². The third-order valence-electron chi connectivity index (χ3n) is 4.50. The molecule has 30 heavy (non-hydrogen) atoms. The van der Waals surface area contributed by atoms with Crippen LogP contribution in [0.25, 0.3) is 10.9 Å². The van der Waals surface area contributed by atoms with Gasteiger partial charge in [-0.1, -0.05) is 6.07 Å². The third kappa shape index (κ3) is 4.46. The molecule has 0 aliphatic carbocycles. The summed E-state index contributed by atoms with van der Waals surface area (Å²) in [6.45, 7) is 0.307. The molecule has 154 valence electrons. The van der Waals surface area contributed by atoms with Crippen LogP contribution in [0.4, 0.5) is 18.9 Å². The Kier molecular flexibility index (Phi) is 5.45. The molecular formula is C21H16F3N3O2S. The van der Waals surface area contributed by atoms with Crippen molar-refractivity contribution in [2.75, 3.05) is 11.9 Å². The Morgan fingerprint density at radius 2 is 1.97 bits per heavy atom. The first kappa shape index (κ1) is 20.0. The summed E-state index contributed by atoms with van der Waals surface area (Å²) in [5, 5.41) is 5.37. The van der Waals surface area contributed by atoms with Gasteiger partial charge >= 0.3 is 6.18 Å². The van der Waals surface area contributed by atoms with E-state index in [4.69, 9.17) is 4.74 Å². The summed E-state index contributed by atoms with van der Waals surface area (Å²) in [5.41, 5.74) is 3.73. The van der Waals surface area contributed by atoms with Crippen LogP contribution in [-0.2, 0) is 12.6 Å². The first-order chi connectivity index (χ1) is 14.4. The highest BCUT2D eigenvalue weighted by Crippen LogP contribution is 2.30. The first-order valence-electron chi connectivity index (χ1n) is 9.00. The smallest absolute Gasteiger partial charge is 0.416 e. The molecule has 0 unspecified atom stereocenters. The lowest BCUT2D eigenvalue weighted by Gasteiger charge is -2.09. The molecule has 2 aromatic carbocycles. The van der Waals surface area contributed by atoms with Crippen LogP contribution in [0.1, 0.15) is 21.6 Å². The Hall–Kier alpha value is -3.33. The van der Waals surface area contributed by atoms with Crippen LogP contribution in [0.3, 0.4) is 0 Å². The first-order valence-corrected chi connectivity index (χ1v) is 9.94. The van der Waals surface area contributed by atoms with Crippen molar-refractivity contribution in [3.8, 4) is 5.75 Å². The molecular weight excluding hydrogens is 415 g/mol. The van der Waals surface area contributed by atoms with E-state index in [-0.39, 0.29) is 5.91 Å². The van der Waals surface area contributed by atoms with Crippen molar-refractivity contribution < 1.29 is 22.7 Å². The Bertz CT molecular complexity index is 1150. The van der Waals surface area contributed by atoms with Gasteiger partial charge in [-0.05, 0) is 42.0 Å². The van der Waals surface area contributed by atoms with Crippen molar-refractivity contribution in [3.05, 3.63) is 76.4 Å². The zero-order valence-corrected chi connectivity index (χ0v) is 16.3. The Labute approximate surface area is 173 Å². The van der Waals surface area contributed by atoms with Gasteiger partial charge in [0, 0.05) is 28.9 Å². The summed E-state index contributed by atoms with van der Waals surface area (Å²) < 4.78 is 43.4. The fraction of sp³-hybridized carbons (Fsp3) is 0.143. The van der Waals surface area contributed by atoms with E-state index < -0.39 is 11.7 Å². The van der Waals surface area contributed by atoms with Crippen LogP contribution in [-0.4, -0.2) is 22.5 Å². The highest BCUT2D eigenvalue weighted by Gasteiger charge is 2.30. The van der Waals surface area contributed by atoms with E-state index in [1.165, 1.54) is 23.5 Å². The molecule has 5 nitrogen and oxygen atoms in total. The average molecular weight is 431 g/mol. The number of H-pyrrole nitrogens is 1. The quantitative estimate of drug-likeness (QED) is 0.423. The van der Waals surface area contributed by atoms with Gasteiger partial charge in [0.1, 0.15) is 11.4 Å². The molecule has 4 aromatic rings. The minimum absolute atomic E-state index is 0.284. The molecule has 0 bridgehead atoms. The predicted molar refractivity (Wildman–Crippen MR) is 109 cm³/mol. The highest BCUT2D eigenvalue weighted by atomic mass is 32.1. The van der Waals surface area contributed by atoms with Crippen LogP contribution in [0.15, 0.2) is 59.6 Å². The van der Waals surface area contributed by atoms with Gasteiger partial charge in [-0.2, -0.15) is 13.2 Å². The number of amides is 1. The van der Waals surface area contributed by atoms with Crippen molar-refractivity contribution in [2.24, 2.45) is 0 Å². The topological polar surface area (TPSA) is 67.0 Å². The molecule has 0 aliphatic rings. The number of rotatable bonds is 6. The Morgan fingerprint density at radius 1 is 1.17 bits per heavy atom. The van der Waals surface area contributed by atoms with Crippen molar-refractivity contribution in [3.63, 3.8) is 0 Å². The lowest BCUT2D eigenvalue weighted by Crippen LogP contribution is -2.11. The standard InChI is InChI=1S/C21H16F3N3O2S/c22-21(23,24)14-2-4-15(5-3-14)29-8-7-13-1-6-17-16(9-13)18(10-25-17)27-20(28)19-11-30-12-26-19/h1-6,9-12,25H,7-8H2,(H,27,28). The zero-order valence-electron chi connectivity index (χ0n) is 15.5. The van der Waals surface area contributed by atoms with Crippen LogP contribution < -0.4 is 10.1 Å². The summed E-state index contributed by atoms with van der Waals surface area (Å²) in [6.07, 6.45) is -2.09. The fourth-order valence-electron chi connectivity index (χ4n) is 2.96. The van der Waals surface area contributed by atoms with Gasteiger partial charge in [0.15, 0.2) is 0 Å². The van der Waals surface area contributed by atoms with Gasteiger partial charge in [0.2, 0.25) is 0 Å². The molecule has 9 heteroatoms. The van der Waals surface area contributed by atoms with Crippen LogP contribution in [0, 0.1) is 0 Å². The number of nitrogens with one attached hydrogen (secondary N) is 2. The minimum Gasteiger partial charge on any atom is -0.493 e. The molecule has 0 aliphatic heterocycles. The maximum atomic E-state index is 12.6. The summed E-state index contributed by atoms with van der Waals surface area (Å²) in [6, 6.07) is 10.4. The number of aromatic nitrogens is 2. The monoisotopic (exact) mass is 431 g/mol. The van der Waals surface area contributed by atoms with E-state index in [1.54, 1.807) is 17.1 Å². The second-order valence-electron chi connectivity index (χ2n) is 6.53. The van der Waals surface area contributed by atoms with E-state index in [0.29, 0.717) is 30.2 Å². The number of carbonyl (C=O) groups is 1. The molecule has 0 fully saturated rings. The molecule has 0 atom stereocenters. The van der Waals surface area contributed by atoms with Crippen molar-refractivity contribution in [1.82, 2.24) is 9.97 Å². The zero-order chi connectivity index (χ0) is 21.1. The lowest BCUT2D eigenvalue weighted by molar-refractivity contribution is -0.137. The lowest BCUT2D eigenvalue weighted by atomic mass is 10.1. The normalized spacial score (nSPS) is 11.6. The number of ether oxygens (including phenoxy) is 1. The second kappa shape index (κ2) is 8.19. The molecule has 0 spiro atoms. The molecule has 2 heterocycles. The van der Waals surface area contributed by atoms with Gasteiger partial charge in [-0.3, -0.25) is 4.79 Å². The fourth-order valence-corrected chi connectivity index (χ4v) is 3.50. The number of hydrogen-bond acceptors (Lipinski definition) is 4. The van der Waals surface area contributed by atoms with Crippen LogP contribution >= 0.6 is 11.3 Å². The Morgan fingerprint density at radius 3 is 2.67 bits per heavy atom. The van der Waals surface area contributed by atoms with Crippen molar-refractivity contribution >= 4 is 33.8 Å².